The van der Waals surface area contributed by atoms with Crippen molar-refractivity contribution in [1.82, 2.24) is 10.6 Å². The first kappa shape index (κ1) is 15.8. The minimum Gasteiger partial charge on any atom is -0.480 e. The lowest BCUT2D eigenvalue weighted by Gasteiger charge is -2.18. The van der Waals surface area contributed by atoms with Gasteiger partial charge >= 0.3 is 12.0 Å². The minimum atomic E-state index is -0.990. The number of aliphatic carboxylic acids is 1. The highest BCUT2D eigenvalue weighted by atomic mass is 16.4. The zero-order chi connectivity index (χ0) is 14.3. The van der Waals surface area contributed by atoms with Gasteiger partial charge in [-0.3, -0.25) is 0 Å². The first-order valence-electron chi connectivity index (χ1n) is 7.28. The van der Waals surface area contributed by atoms with Crippen LogP contribution in [0.5, 0.6) is 0 Å². The van der Waals surface area contributed by atoms with Gasteiger partial charge in [0.15, 0.2) is 0 Å². The van der Waals surface area contributed by atoms with E-state index in [9.17, 15) is 9.59 Å². The van der Waals surface area contributed by atoms with Gasteiger partial charge in [0, 0.05) is 6.54 Å². The second kappa shape index (κ2) is 8.02. The number of carboxylic acids is 1. The molecule has 5 nitrogen and oxygen atoms in total. The van der Waals surface area contributed by atoms with Crippen molar-refractivity contribution in [1.29, 1.82) is 0 Å². The number of carbonyl (C=O) groups is 2. The Kier molecular flexibility index (Phi) is 6.67. The summed E-state index contributed by atoms with van der Waals surface area (Å²) >= 11 is 0. The predicted molar refractivity (Wildman–Crippen MR) is 74.0 cm³/mol. The number of amides is 2. The van der Waals surface area contributed by atoms with Crippen LogP contribution in [0.4, 0.5) is 4.79 Å². The summed E-state index contributed by atoms with van der Waals surface area (Å²) in [6.07, 6.45) is 7.45. The Morgan fingerprint density at radius 3 is 2.42 bits per heavy atom. The van der Waals surface area contributed by atoms with E-state index in [1.165, 1.54) is 25.7 Å². The van der Waals surface area contributed by atoms with Crippen LogP contribution in [0, 0.1) is 11.8 Å². The van der Waals surface area contributed by atoms with E-state index in [0.29, 0.717) is 6.54 Å². The predicted octanol–water partition coefficient (Wildman–Crippen LogP) is 2.37. The third kappa shape index (κ3) is 5.94. The fraction of sp³-hybridized carbons (Fsp3) is 0.857. The van der Waals surface area contributed by atoms with Crippen molar-refractivity contribution >= 4 is 12.0 Å². The van der Waals surface area contributed by atoms with Gasteiger partial charge in [-0.1, -0.05) is 39.5 Å². The number of hydrogen-bond donors (Lipinski definition) is 3. The maximum atomic E-state index is 11.6. The molecule has 0 radical (unpaired) electrons. The highest BCUT2D eigenvalue weighted by Gasteiger charge is 2.23. The monoisotopic (exact) mass is 270 g/mol. The topological polar surface area (TPSA) is 78.4 Å². The lowest BCUT2D eigenvalue weighted by Crippen LogP contribution is -2.48. The number of carbonyl (C=O) groups excluding carboxylic acids is 1. The van der Waals surface area contributed by atoms with Gasteiger partial charge in [-0.2, -0.15) is 0 Å². The van der Waals surface area contributed by atoms with Gasteiger partial charge in [0.05, 0.1) is 0 Å². The molecule has 0 bridgehead atoms. The Morgan fingerprint density at radius 1 is 1.26 bits per heavy atom. The Hall–Kier alpha value is -1.26. The average Bonchev–Trinajstić information content (AvgIpc) is 2.84. The standard InChI is InChI=1S/C14H26N2O3/c1-10(2)12(13(17)18)16-14(19)15-9-5-8-11-6-3-4-7-11/h10-12H,3-9H2,1-2H3,(H,17,18)(H2,15,16,19). The van der Waals surface area contributed by atoms with E-state index in [0.717, 1.165) is 18.8 Å². The van der Waals surface area contributed by atoms with Crippen LogP contribution >= 0.6 is 0 Å². The minimum absolute atomic E-state index is 0.123. The molecule has 0 aromatic heterocycles. The van der Waals surface area contributed by atoms with Gasteiger partial charge in [0.1, 0.15) is 6.04 Å². The van der Waals surface area contributed by atoms with Crippen LogP contribution in [0.25, 0.3) is 0 Å². The zero-order valence-electron chi connectivity index (χ0n) is 11.9. The highest BCUT2D eigenvalue weighted by molar-refractivity contribution is 5.82. The Bertz CT molecular complexity index is 299. The van der Waals surface area contributed by atoms with E-state index >= 15 is 0 Å². The molecule has 19 heavy (non-hydrogen) atoms. The molecule has 5 heteroatoms. The molecule has 1 saturated carbocycles. The number of hydrogen-bond acceptors (Lipinski definition) is 2. The van der Waals surface area contributed by atoms with Crippen molar-refractivity contribution in [2.75, 3.05) is 6.54 Å². The third-order valence-corrected chi connectivity index (χ3v) is 3.77. The smallest absolute Gasteiger partial charge is 0.326 e. The van der Waals surface area contributed by atoms with E-state index in [-0.39, 0.29) is 11.9 Å². The van der Waals surface area contributed by atoms with Crippen molar-refractivity contribution < 1.29 is 14.7 Å². The second-order valence-electron chi connectivity index (χ2n) is 5.75. The normalized spacial score (nSPS) is 17.4. The maximum Gasteiger partial charge on any atom is 0.326 e. The highest BCUT2D eigenvalue weighted by Crippen LogP contribution is 2.28. The Labute approximate surface area is 115 Å². The molecule has 0 spiro atoms. The van der Waals surface area contributed by atoms with Crippen LogP contribution in [-0.4, -0.2) is 29.7 Å². The van der Waals surface area contributed by atoms with Gasteiger partial charge in [-0.25, -0.2) is 9.59 Å². The lowest BCUT2D eigenvalue weighted by molar-refractivity contribution is -0.140. The third-order valence-electron chi connectivity index (χ3n) is 3.77. The molecule has 1 aliphatic rings. The SMILES string of the molecule is CC(C)C(NC(=O)NCCCC1CCCC1)C(=O)O. The van der Waals surface area contributed by atoms with E-state index in [2.05, 4.69) is 10.6 Å². The number of nitrogens with one attached hydrogen (secondary N) is 2. The van der Waals surface area contributed by atoms with Crippen molar-refractivity contribution in [2.24, 2.45) is 11.8 Å². The lowest BCUT2D eigenvalue weighted by atomic mass is 10.0. The summed E-state index contributed by atoms with van der Waals surface area (Å²) in [4.78, 5) is 22.5. The van der Waals surface area contributed by atoms with Gasteiger partial charge in [-0.05, 0) is 24.7 Å². The molecule has 2 amide bonds. The average molecular weight is 270 g/mol. The van der Waals surface area contributed by atoms with Crippen LogP contribution in [0.2, 0.25) is 0 Å². The summed E-state index contributed by atoms with van der Waals surface area (Å²) in [6, 6.07) is -1.21. The summed E-state index contributed by atoms with van der Waals surface area (Å²) in [6.45, 7) is 4.17. The molecule has 0 saturated heterocycles. The zero-order valence-corrected chi connectivity index (χ0v) is 11.9. The first-order valence-corrected chi connectivity index (χ1v) is 7.28. The fourth-order valence-corrected chi connectivity index (χ4v) is 2.60. The molecule has 0 aromatic rings. The number of carboxylic acid groups (broad SMARTS) is 1. The molecule has 0 aliphatic heterocycles. The largest absolute Gasteiger partial charge is 0.480 e. The van der Waals surface area contributed by atoms with Crippen LogP contribution in [0.3, 0.4) is 0 Å². The molecule has 1 aliphatic carbocycles. The summed E-state index contributed by atoms with van der Waals surface area (Å²) in [7, 11) is 0. The van der Waals surface area contributed by atoms with Gasteiger partial charge in [0.2, 0.25) is 0 Å². The fourth-order valence-electron chi connectivity index (χ4n) is 2.60. The first-order chi connectivity index (χ1) is 9.00. The molecule has 0 heterocycles. The molecular formula is C14H26N2O3. The van der Waals surface area contributed by atoms with Gasteiger partial charge < -0.3 is 15.7 Å². The molecule has 1 atom stereocenters. The summed E-state index contributed by atoms with van der Waals surface area (Å²) in [5.74, 6) is -0.287. The molecular weight excluding hydrogens is 244 g/mol. The van der Waals surface area contributed by atoms with Gasteiger partial charge in [0.25, 0.3) is 0 Å². The van der Waals surface area contributed by atoms with E-state index in [4.69, 9.17) is 5.11 Å². The van der Waals surface area contributed by atoms with Crippen molar-refractivity contribution in [3.63, 3.8) is 0 Å². The Balaban J connectivity index is 2.14. The van der Waals surface area contributed by atoms with Crippen molar-refractivity contribution in [3.05, 3.63) is 0 Å². The summed E-state index contributed by atoms with van der Waals surface area (Å²) < 4.78 is 0. The number of rotatable bonds is 7. The van der Waals surface area contributed by atoms with Crippen LogP contribution in [-0.2, 0) is 4.79 Å². The van der Waals surface area contributed by atoms with Crippen LogP contribution in [0.15, 0.2) is 0 Å². The molecule has 1 unspecified atom stereocenters. The molecule has 1 fully saturated rings. The second-order valence-corrected chi connectivity index (χ2v) is 5.75. The quantitative estimate of drug-likeness (QED) is 0.621. The van der Waals surface area contributed by atoms with Gasteiger partial charge in [-0.15, -0.1) is 0 Å². The van der Waals surface area contributed by atoms with E-state index < -0.39 is 12.0 Å². The molecule has 110 valence electrons. The van der Waals surface area contributed by atoms with Crippen LogP contribution in [0.1, 0.15) is 52.4 Å². The Morgan fingerprint density at radius 2 is 1.89 bits per heavy atom. The number of urea groups is 1. The van der Waals surface area contributed by atoms with Crippen molar-refractivity contribution in [3.8, 4) is 0 Å². The van der Waals surface area contributed by atoms with Crippen LogP contribution < -0.4 is 10.6 Å². The van der Waals surface area contributed by atoms with E-state index in [1.54, 1.807) is 13.8 Å². The summed E-state index contributed by atoms with van der Waals surface area (Å²) in [5.41, 5.74) is 0. The van der Waals surface area contributed by atoms with E-state index in [1.807, 2.05) is 0 Å². The molecule has 1 rings (SSSR count). The molecule has 3 N–H and O–H groups in total. The summed E-state index contributed by atoms with van der Waals surface area (Å²) in [5, 5.41) is 14.2. The maximum absolute atomic E-state index is 11.6. The van der Waals surface area contributed by atoms with Crippen molar-refractivity contribution in [2.45, 2.75) is 58.4 Å². The molecule has 0 aromatic carbocycles.